The summed E-state index contributed by atoms with van der Waals surface area (Å²) in [5, 5.41) is 20.6. The summed E-state index contributed by atoms with van der Waals surface area (Å²) in [7, 11) is 0. The van der Waals surface area contributed by atoms with Crippen molar-refractivity contribution in [3.63, 3.8) is 0 Å². The van der Waals surface area contributed by atoms with Crippen molar-refractivity contribution in [2.24, 2.45) is 29.1 Å². The molecule has 154 valence electrons. The molecule has 0 radical (unpaired) electrons. The van der Waals surface area contributed by atoms with E-state index in [0.717, 1.165) is 0 Å². The SMILES string of the molecule is CC(O)[C@H](CC(=O)C[C@@H](CC(N)=O)C(=O)NCC(=O)[C@@H](N)CO)C(=O)NN. The van der Waals surface area contributed by atoms with E-state index in [-0.39, 0.29) is 0 Å². The van der Waals surface area contributed by atoms with Gasteiger partial charge in [-0.15, -0.1) is 0 Å². The highest BCUT2D eigenvalue weighted by atomic mass is 16.3. The lowest BCUT2D eigenvalue weighted by atomic mass is 9.90. The highest BCUT2D eigenvalue weighted by molar-refractivity contribution is 5.94. The summed E-state index contributed by atoms with van der Waals surface area (Å²) in [6, 6.07) is -1.16. The summed E-state index contributed by atoms with van der Waals surface area (Å²) in [4.78, 5) is 58.6. The zero-order valence-corrected chi connectivity index (χ0v) is 15.0. The van der Waals surface area contributed by atoms with Crippen molar-refractivity contribution in [3.8, 4) is 0 Å². The van der Waals surface area contributed by atoms with Crippen LogP contribution in [-0.2, 0) is 24.0 Å². The maximum atomic E-state index is 12.2. The molecule has 10 N–H and O–H groups in total. The first-order valence-corrected chi connectivity index (χ1v) is 8.18. The maximum Gasteiger partial charge on any atom is 0.240 e. The van der Waals surface area contributed by atoms with Crippen LogP contribution in [0.25, 0.3) is 0 Å². The third kappa shape index (κ3) is 9.19. The monoisotopic (exact) mass is 389 g/mol. The molecule has 0 fully saturated rings. The van der Waals surface area contributed by atoms with Gasteiger partial charge in [0, 0.05) is 19.3 Å². The van der Waals surface area contributed by atoms with Gasteiger partial charge in [0.1, 0.15) is 5.78 Å². The fraction of sp³-hybridized carbons (Fsp3) is 0.667. The lowest BCUT2D eigenvalue weighted by Gasteiger charge is -2.19. The normalized spacial score (nSPS) is 15.1. The van der Waals surface area contributed by atoms with Gasteiger partial charge in [-0.25, -0.2) is 5.84 Å². The van der Waals surface area contributed by atoms with Gasteiger partial charge >= 0.3 is 0 Å². The van der Waals surface area contributed by atoms with Gasteiger partial charge in [0.2, 0.25) is 17.7 Å². The molecule has 0 aromatic carbocycles. The smallest absolute Gasteiger partial charge is 0.240 e. The van der Waals surface area contributed by atoms with Crippen LogP contribution in [0.2, 0.25) is 0 Å². The molecule has 0 heterocycles. The molecule has 0 saturated carbocycles. The van der Waals surface area contributed by atoms with Gasteiger partial charge in [0.05, 0.1) is 37.1 Å². The lowest BCUT2D eigenvalue weighted by molar-refractivity contribution is -0.136. The second kappa shape index (κ2) is 12.1. The molecule has 0 aliphatic heterocycles. The summed E-state index contributed by atoms with van der Waals surface area (Å²) < 4.78 is 0. The first-order chi connectivity index (χ1) is 12.5. The number of aliphatic hydroxyl groups is 2. The molecular weight excluding hydrogens is 362 g/mol. The Morgan fingerprint density at radius 2 is 1.63 bits per heavy atom. The molecule has 0 bridgehead atoms. The van der Waals surface area contributed by atoms with Gasteiger partial charge in [-0.05, 0) is 6.92 Å². The number of rotatable bonds is 13. The Kier molecular flexibility index (Phi) is 11.0. The molecule has 0 aliphatic rings. The number of ketones is 2. The molecule has 27 heavy (non-hydrogen) atoms. The lowest BCUT2D eigenvalue weighted by Crippen LogP contribution is -2.44. The molecular formula is C15H27N5O7. The first kappa shape index (κ1) is 24.6. The van der Waals surface area contributed by atoms with Crippen LogP contribution in [0.5, 0.6) is 0 Å². The number of primary amides is 1. The fourth-order valence-electron chi connectivity index (χ4n) is 2.24. The average Bonchev–Trinajstić information content (AvgIpc) is 2.61. The summed E-state index contributed by atoms with van der Waals surface area (Å²) in [6.07, 6.45) is -2.47. The zero-order chi connectivity index (χ0) is 21.1. The number of carbonyl (C=O) groups is 5. The summed E-state index contributed by atoms with van der Waals surface area (Å²) in [6.45, 7) is 0.217. The molecule has 0 spiro atoms. The van der Waals surface area contributed by atoms with E-state index in [1.807, 2.05) is 5.43 Å². The number of Topliss-reactive ketones (excluding diaryl/α,β-unsaturated/α-hetero) is 2. The second-order valence-electron chi connectivity index (χ2n) is 6.14. The van der Waals surface area contributed by atoms with Crippen molar-refractivity contribution >= 4 is 29.3 Å². The van der Waals surface area contributed by atoms with Gasteiger partial charge in [-0.3, -0.25) is 29.4 Å². The number of hydrazine groups is 1. The standard InChI is InChI=1S/C15H27N5O7/c1-7(22)10(15(27)20-18)4-9(23)2-8(3-13(17)25)14(26)19-5-12(24)11(16)6-21/h7-8,10-11,21-22H,2-6,16,18H2,1H3,(H2,17,25)(H,19,26)(H,20,27)/t7?,8-,10-,11-/m0/s1. The highest BCUT2D eigenvalue weighted by Crippen LogP contribution is 2.16. The van der Waals surface area contributed by atoms with Crippen LogP contribution in [0.1, 0.15) is 26.2 Å². The first-order valence-electron chi connectivity index (χ1n) is 8.18. The van der Waals surface area contributed by atoms with Crippen molar-refractivity contribution in [3.05, 3.63) is 0 Å². The maximum absolute atomic E-state index is 12.2. The minimum absolute atomic E-state index is 0.405. The van der Waals surface area contributed by atoms with Crippen LogP contribution in [0.15, 0.2) is 0 Å². The molecule has 3 amide bonds. The minimum atomic E-state index is -1.17. The van der Waals surface area contributed by atoms with E-state index in [2.05, 4.69) is 5.32 Å². The Bertz CT molecular complexity index is 567. The van der Waals surface area contributed by atoms with E-state index in [1.54, 1.807) is 0 Å². The molecule has 0 aliphatic carbocycles. The second-order valence-corrected chi connectivity index (χ2v) is 6.14. The topological polar surface area (TPSA) is 228 Å². The fourth-order valence-corrected chi connectivity index (χ4v) is 2.24. The van der Waals surface area contributed by atoms with E-state index >= 15 is 0 Å². The van der Waals surface area contributed by atoms with Crippen LogP contribution in [0.4, 0.5) is 0 Å². The molecule has 1 unspecified atom stereocenters. The van der Waals surface area contributed by atoms with E-state index in [4.69, 9.17) is 22.4 Å². The van der Waals surface area contributed by atoms with E-state index in [9.17, 15) is 29.1 Å². The predicted octanol–water partition coefficient (Wildman–Crippen LogP) is -4.18. The van der Waals surface area contributed by atoms with Gasteiger partial charge in [-0.1, -0.05) is 0 Å². The largest absolute Gasteiger partial charge is 0.394 e. The molecule has 0 saturated heterocycles. The Morgan fingerprint density at radius 1 is 1.04 bits per heavy atom. The number of carbonyl (C=O) groups excluding carboxylic acids is 5. The molecule has 4 atom stereocenters. The Labute approximate surface area is 155 Å². The number of nitrogens with two attached hydrogens (primary N) is 3. The van der Waals surface area contributed by atoms with Crippen molar-refractivity contribution in [2.75, 3.05) is 13.2 Å². The van der Waals surface area contributed by atoms with E-state index in [0.29, 0.717) is 0 Å². The van der Waals surface area contributed by atoms with Crippen molar-refractivity contribution in [2.45, 2.75) is 38.3 Å². The Balaban J connectivity index is 4.96. The number of hydrogen-bond acceptors (Lipinski definition) is 9. The molecule has 0 aromatic heterocycles. The third-order valence-electron chi connectivity index (χ3n) is 3.85. The third-order valence-corrected chi connectivity index (χ3v) is 3.85. The van der Waals surface area contributed by atoms with Crippen LogP contribution in [-0.4, -0.2) is 64.8 Å². The van der Waals surface area contributed by atoms with Crippen molar-refractivity contribution in [1.82, 2.24) is 10.7 Å². The van der Waals surface area contributed by atoms with Crippen LogP contribution < -0.4 is 28.1 Å². The highest BCUT2D eigenvalue weighted by Gasteiger charge is 2.30. The van der Waals surface area contributed by atoms with Gasteiger partial charge in [0.15, 0.2) is 5.78 Å². The quantitative estimate of drug-likeness (QED) is 0.0918. The van der Waals surface area contributed by atoms with E-state index < -0.39 is 85.7 Å². The molecule has 12 nitrogen and oxygen atoms in total. The zero-order valence-electron chi connectivity index (χ0n) is 15.0. The Hall–Kier alpha value is -2.41. The van der Waals surface area contributed by atoms with Gasteiger partial charge in [0.25, 0.3) is 0 Å². The van der Waals surface area contributed by atoms with Crippen molar-refractivity contribution < 1.29 is 34.2 Å². The molecule has 12 heteroatoms. The van der Waals surface area contributed by atoms with Crippen LogP contribution in [0.3, 0.4) is 0 Å². The summed E-state index contributed by atoms with van der Waals surface area (Å²) in [5.74, 6) is -0.873. The number of aliphatic hydroxyl groups excluding tert-OH is 2. The van der Waals surface area contributed by atoms with Gasteiger partial charge in [-0.2, -0.15) is 0 Å². The minimum Gasteiger partial charge on any atom is -0.394 e. The predicted molar refractivity (Wildman–Crippen MR) is 92.1 cm³/mol. The average molecular weight is 389 g/mol. The number of hydrogen-bond donors (Lipinski definition) is 7. The van der Waals surface area contributed by atoms with Gasteiger partial charge < -0.3 is 27.0 Å². The molecule has 0 rings (SSSR count). The van der Waals surface area contributed by atoms with Crippen molar-refractivity contribution in [1.29, 1.82) is 0 Å². The summed E-state index contributed by atoms with van der Waals surface area (Å²) >= 11 is 0. The van der Waals surface area contributed by atoms with Crippen LogP contribution >= 0.6 is 0 Å². The molecule has 0 aromatic rings. The number of amides is 3. The number of nitrogens with one attached hydrogen (secondary N) is 2. The van der Waals surface area contributed by atoms with E-state index in [1.165, 1.54) is 6.92 Å². The Morgan fingerprint density at radius 3 is 2.07 bits per heavy atom. The summed E-state index contributed by atoms with van der Waals surface area (Å²) in [5.41, 5.74) is 12.2. The van der Waals surface area contributed by atoms with Crippen LogP contribution in [0, 0.1) is 11.8 Å².